The van der Waals surface area contributed by atoms with Crippen molar-refractivity contribution < 1.29 is 14.2 Å². The normalized spacial score (nSPS) is 18.2. The van der Waals surface area contributed by atoms with Crippen LogP contribution in [0.25, 0.3) is 0 Å². The lowest BCUT2D eigenvalue weighted by Crippen LogP contribution is -2.50. The van der Waals surface area contributed by atoms with Crippen molar-refractivity contribution in [3.63, 3.8) is 0 Å². The number of hydrogen-bond donors (Lipinski definition) is 1. The van der Waals surface area contributed by atoms with Gasteiger partial charge in [0.2, 0.25) is 0 Å². The third kappa shape index (κ3) is 2.63. The molecule has 1 aromatic carbocycles. The summed E-state index contributed by atoms with van der Waals surface area (Å²) in [5, 5.41) is 3.56. The molecule has 1 aromatic rings. The number of benzene rings is 1. The Labute approximate surface area is 121 Å². The van der Waals surface area contributed by atoms with Gasteiger partial charge in [0.1, 0.15) is 11.5 Å². The van der Waals surface area contributed by atoms with Crippen LogP contribution in [0.2, 0.25) is 0 Å². The summed E-state index contributed by atoms with van der Waals surface area (Å²) in [4.78, 5) is 0. The summed E-state index contributed by atoms with van der Waals surface area (Å²) < 4.78 is 16.7. The highest BCUT2D eigenvalue weighted by atomic mass is 16.5. The number of hydrogen-bond acceptors (Lipinski definition) is 4. The van der Waals surface area contributed by atoms with Crippen molar-refractivity contribution in [2.24, 2.45) is 0 Å². The van der Waals surface area contributed by atoms with Crippen LogP contribution in [0.15, 0.2) is 18.2 Å². The predicted molar refractivity (Wildman–Crippen MR) is 79.6 cm³/mol. The standard InChI is InChI=1S/C16H25NO3/c1-5-17-15(16(20-4)9-6-10-16)13-8-7-12(18-2)11-14(13)19-3/h7-8,11,15,17H,5-6,9-10H2,1-4H3. The molecule has 0 bridgehead atoms. The number of ether oxygens (including phenoxy) is 3. The minimum absolute atomic E-state index is 0.113. The molecule has 1 atom stereocenters. The highest BCUT2D eigenvalue weighted by molar-refractivity contribution is 5.44. The SMILES string of the molecule is CCNC(c1ccc(OC)cc1OC)C1(OC)CCC1. The van der Waals surface area contributed by atoms with Gasteiger partial charge in [-0.05, 0) is 37.9 Å². The molecule has 20 heavy (non-hydrogen) atoms. The molecule has 0 saturated heterocycles. The lowest BCUT2D eigenvalue weighted by molar-refractivity contribution is -0.0998. The molecule has 4 heteroatoms. The van der Waals surface area contributed by atoms with Crippen molar-refractivity contribution in [3.8, 4) is 11.5 Å². The molecule has 4 nitrogen and oxygen atoms in total. The Morgan fingerprint density at radius 1 is 1.20 bits per heavy atom. The molecule has 1 fully saturated rings. The maximum atomic E-state index is 5.85. The number of rotatable bonds is 7. The van der Waals surface area contributed by atoms with Crippen molar-refractivity contribution in [2.45, 2.75) is 37.8 Å². The Morgan fingerprint density at radius 3 is 2.40 bits per heavy atom. The van der Waals surface area contributed by atoms with E-state index in [2.05, 4.69) is 18.3 Å². The van der Waals surface area contributed by atoms with Crippen molar-refractivity contribution in [3.05, 3.63) is 23.8 Å². The lowest BCUT2D eigenvalue weighted by atomic mass is 9.72. The first-order valence-corrected chi connectivity index (χ1v) is 7.21. The average molecular weight is 279 g/mol. The molecule has 0 spiro atoms. The van der Waals surface area contributed by atoms with Gasteiger partial charge in [0.15, 0.2) is 0 Å². The Balaban J connectivity index is 2.38. The van der Waals surface area contributed by atoms with Crippen molar-refractivity contribution in [2.75, 3.05) is 27.9 Å². The molecule has 2 rings (SSSR count). The fraction of sp³-hybridized carbons (Fsp3) is 0.625. The Bertz CT molecular complexity index is 438. The first-order valence-electron chi connectivity index (χ1n) is 7.21. The molecule has 0 heterocycles. The van der Waals surface area contributed by atoms with E-state index in [4.69, 9.17) is 14.2 Å². The molecule has 1 N–H and O–H groups in total. The Hall–Kier alpha value is -1.26. The van der Waals surface area contributed by atoms with Crippen LogP contribution in [0.3, 0.4) is 0 Å². The quantitative estimate of drug-likeness (QED) is 0.833. The van der Waals surface area contributed by atoms with E-state index in [-0.39, 0.29) is 11.6 Å². The maximum absolute atomic E-state index is 5.85. The van der Waals surface area contributed by atoms with E-state index in [1.807, 2.05) is 12.1 Å². The summed E-state index contributed by atoms with van der Waals surface area (Å²) in [7, 11) is 5.17. The maximum Gasteiger partial charge on any atom is 0.127 e. The smallest absolute Gasteiger partial charge is 0.127 e. The first-order chi connectivity index (χ1) is 9.70. The number of likely N-dealkylation sites (N-methyl/N-ethyl adjacent to an activating group) is 1. The van der Waals surface area contributed by atoms with Gasteiger partial charge in [0.05, 0.1) is 25.9 Å². The highest BCUT2D eigenvalue weighted by Gasteiger charge is 2.45. The predicted octanol–water partition coefficient (Wildman–Crippen LogP) is 2.92. The fourth-order valence-electron chi connectivity index (χ4n) is 2.98. The first kappa shape index (κ1) is 15.1. The molecular weight excluding hydrogens is 254 g/mol. The van der Waals surface area contributed by atoms with Gasteiger partial charge >= 0.3 is 0 Å². The van der Waals surface area contributed by atoms with Crippen LogP contribution in [0.1, 0.15) is 37.8 Å². The van der Waals surface area contributed by atoms with Crippen LogP contribution in [0.4, 0.5) is 0 Å². The zero-order chi connectivity index (χ0) is 14.6. The molecule has 112 valence electrons. The molecule has 0 radical (unpaired) electrons. The summed E-state index contributed by atoms with van der Waals surface area (Å²) in [5.41, 5.74) is 1.02. The molecule has 1 aliphatic rings. The van der Waals surface area contributed by atoms with Crippen LogP contribution in [-0.4, -0.2) is 33.5 Å². The van der Waals surface area contributed by atoms with Gasteiger partial charge in [-0.25, -0.2) is 0 Å². The molecule has 0 aromatic heterocycles. The minimum Gasteiger partial charge on any atom is -0.497 e. The van der Waals surface area contributed by atoms with Gasteiger partial charge in [0, 0.05) is 18.7 Å². The van der Waals surface area contributed by atoms with Gasteiger partial charge in [-0.1, -0.05) is 6.92 Å². The summed E-state index contributed by atoms with van der Waals surface area (Å²) in [6.45, 7) is 3.01. The molecular formula is C16H25NO3. The van der Waals surface area contributed by atoms with Crippen LogP contribution in [0, 0.1) is 0 Å². The summed E-state index contributed by atoms with van der Waals surface area (Å²) in [5.74, 6) is 1.65. The Morgan fingerprint density at radius 2 is 1.95 bits per heavy atom. The number of methoxy groups -OCH3 is 3. The van der Waals surface area contributed by atoms with Gasteiger partial charge in [0.25, 0.3) is 0 Å². The third-order valence-electron chi connectivity index (χ3n) is 4.29. The average Bonchev–Trinajstić information content (AvgIpc) is 2.45. The van der Waals surface area contributed by atoms with Crippen LogP contribution in [-0.2, 0) is 4.74 Å². The fourth-order valence-corrected chi connectivity index (χ4v) is 2.98. The van der Waals surface area contributed by atoms with E-state index >= 15 is 0 Å². The lowest BCUT2D eigenvalue weighted by Gasteiger charge is -2.47. The highest BCUT2D eigenvalue weighted by Crippen LogP contribution is 2.47. The van der Waals surface area contributed by atoms with Crippen LogP contribution < -0.4 is 14.8 Å². The number of nitrogens with one attached hydrogen (secondary N) is 1. The van der Waals surface area contributed by atoms with E-state index in [1.165, 1.54) is 6.42 Å². The van der Waals surface area contributed by atoms with Crippen molar-refractivity contribution in [1.29, 1.82) is 0 Å². The summed E-state index contributed by atoms with van der Waals surface area (Å²) in [6.07, 6.45) is 3.38. The Kier molecular flexibility index (Phi) is 4.89. The van der Waals surface area contributed by atoms with E-state index in [0.717, 1.165) is 36.4 Å². The van der Waals surface area contributed by atoms with Gasteiger partial charge in [-0.3, -0.25) is 0 Å². The van der Waals surface area contributed by atoms with E-state index in [9.17, 15) is 0 Å². The largest absolute Gasteiger partial charge is 0.497 e. The molecule has 1 saturated carbocycles. The topological polar surface area (TPSA) is 39.7 Å². The zero-order valence-corrected chi connectivity index (χ0v) is 12.9. The third-order valence-corrected chi connectivity index (χ3v) is 4.29. The van der Waals surface area contributed by atoms with Crippen molar-refractivity contribution >= 4 is 0 Å². The van der Waals surface area contributed by atoms with Crippen LogP contribution in [0.5, 0.6) is 11.5 Å². The monoisotopic (exact) mass is 279 g/mol. The molecule has 0 amide bonds. The van der Waals surface area contributed by atoms with Gasteiger partial charge < -0.3 is 19.5 Å². The molecule has 0 aliphatic heterocycles. The van der Waals surface area contributed by atoms with Gasteiger partial charge in [-0.2, -0.15) is 0 Å². The molecule has 1 unspecified atom stereocenters. The van der Waals surface area contributed by atoms with E-state index < -0.39 is 0 Å². The summed E-state index contributed by atoms with van der Waals surface area (Å²) in [6, 6.07) is 6.13. The van der Waals surface area contributed by atoms with Crippen LogP contribution >= 0.6 is 0 Å². The second-order valence-electron chi connectivity index (χ2n) is 5.22. The minimum atomic E-state index is -0.113. The zero-order valence-electron chi connectivity index (χ0n) is 12.9. The van der Waals surface area contributed by atoms with Crippen molar-refractivity contribution in [1.82, 2.24) is 5.32 Å². The second-order valence-corrected chi connectivity index (χ2v) is 5.22. The van der Waals surface area contributed by atoms with E-state index in [1.54, 1.807) is 21.3 Å². The second kappa shape index (κ2) is 6.46. The summed E-state index contributed by atoms with van der Waals surface area (Å²) >= 11 is 0. The van der Waals surface area contributed by atoms with Gasteiger partial charge in [-0.15, -0.1) is 0 Å². The molecule has 1 aliphatic carbocycles. The van der Waals surface area contributed by atoms with E-state index in [0.29, 0.717) is 0 Å².